The zero-order chi connectivity index (χ0) is 18.7. The SMILES string of the molecule is CN=C(NC(C)c1cccs1)NC1CC1c1ccccc1OC(F)(F)F.I. The van der Waals surface area contributed by atoms with E-state index in [-0.39, 0.29) is 47.7 Å². The van der Waals surface area contributed by atoms with E-state index in [0.29, 0.717) is 11.5 Å². The number of ether oxygens (including phenoxy) is 1. The predicted molar refractivity (Wildman–Crippen MR) is 112 cm³/mol. The van der Waals surface area contributed by atoms with Crippen LogP contribution in [0.15, 0.2) is 46.8 Å². The minimum atomic E-state index is -4.69. The van der Waals surface area contributed by atoms with Crippen LogP contribution >= 0.6 is 35.3 Å². The average Bonchev–Trinajstić information content (AvgIpc) is 3.11. The van der Waals surface area contributed by atoms with Gasteiger partial charge in [0, 0.05) is 23.9 Å². The minimum absolute atomic E-state index is 0. The van der Waals surface area contributed by atoms with Gasteiger partial charge < -0.3 is 15.4 Å². The standard InChI is InChI=1S/C18H20F3N3OS.HI/c1-11(16-8-5-9-26-16)23-17(22-2)24-14-10-13(14)12-6-3-4-7-15(12)25-18(19,20)21;/h3-9,11,13-14H,10H2,1-2H3,(H2,22,23,24);1H. The first-order valence-corrected chi connectivity index (χ1v) is 9.13. The molecule has 0 bridgehead atoms. The van der Waals surface area contributed by atoms with Gasteiger partial charge in [0.2, 0.25) is 0 Å². The highest BCUT2D eigenvalue weighted by atomic mass is 127. The summed E-state index contributed by atoms with van der Waals surface area (Å²) in [7, 11) is 1.68. The van der Waals surface area contributed by atoms with Crippen molar-refractivity contribution in [3.8, 4) is 5.75 Å². The summed E-state index contributed by atoms with van der Waals surface area (Å²) in [5.41, 5.74) is 0.559. The van der Waals surface area contributed by atoms with Crippen LogP contribution in [0.25, 0.3) is 0 Å². The first-order valence-electron chi connectivity index (χ1n) is 8.25. The van der Waals surface area contributed by atoms with Crippen molar-refractivity contribution in [3.05, 3.63) is 52.2 Å². The van der Waals surface area contributed by atoms with E-state index in [2.05, 4.69) is 20.4 Å². The van der Waals surface area contributed by atoms with Gasteiger partial charge in [-0.1, -0.05) is 24.3 Å². The summed E-state index contributed by atoms with van der Waals surface area (Å²) in [6.07, 6.45) is -3.96. The van der Waals surface area contributed by atoms with Crippen LogP contribution < -0.4 is 15.4 Å². The Hall–Kier alpha value is -1.49. The molecule has 27 heavy (non-hydrogen) atoms. The number of para-hydroxylation sites is 1. The van der Waals surface area contributed by atoms with E-state index in [0.717, 1.165) is 6.42 Å². The molecule has 148 valence electrons. The van der Waals surface area contributed by atoms with Crippen molar-refractivity contribution in [1.82, 2.24) is 10.6 Å². The lowest BCUT2D eigenvalue weighted by Crippen LogP contribution is -2.40. The third-order valence-corrected chi connectivity index (χ3v) is 5.26. The van der Waals surface area contributed by atoms with Crippen LogP contribution in [0.4, 0.5) is 13.2 Å². The lowest BCUT2D eigenvalue weighted by molar-refractivity contribution is -0.274. The molecule has 1 aliphatic carbocycles. The fourth-order valence-electron chi connectivity index (χ4n) is 2.86. The number of rotatable bonds is 5. The average molecular weight is 511 g/mol. The Kier molecular flexibility index (Phi) is 7.38. The highest BCUT2D eigenvalue weighted by molar-refractivity contribution is 14.0. The van der Waals surface area contributed by atoms with Gasteiger partial charge in [-0.25, -0.2) is 0 Å². The molecule has 2 N–H and O–H groups in total. The zero-order valence-corrected chi connectivity index (χ0v) is 17.9. The molecule has 3 rings (SSSR count). The second kappa shape index (κ2) is 9.13. The maximum atomic E-state index is 12.6. The number of hydrogen-bond acceptors (Lipinski definition) is 3. The first kappa shape index (κ1) is 21.8. The van der Waals surface area contributed by atoms with Crippen molar-refractivity contribution < 1.29 is 17.9 Å². The van der Waals surface area contributed by atoms with Crippen LogP contribution in [0.3, 0.4) is 0 Å². The van der Waals surface area contributed by atoms with Gasteiger partial charge >= 0.3 is 6.36 Å². The number of nitrogens with zero attached hydrogens (tertiary/aromatic N) is 1. The molecule has 3 unspecified atom stereocenters. The summed E-state index contributed by atoms with van der Waals surface area (Å²) in [5, 5.41) is 8.59. The quantitative estimate of drug-likeness (QED) is 0.336. The number of alkyl halides is 3. The molecule has 4 nitrogen and oxygen atoms in total. The molecular formula is C18H21F3IN3OS. The van der Waals surface area contributed by atoms with E-state index < -0.39 is 6.36 Å². The predicted octanol–water partition coefficient (Wildman–Crippen LogP) is 5.05. The summed E-state index contributed by atoms with van der Waals surface area (Å²) in [6, 6.07) is 10.4. The molecule has 9 heteroatoms. The topological polar surface area (TPSA) is 45.7 Å². The first-order chi connectivity index (χ1) is 12.4. The highest BCUT2D eigenvalue weighted by Gasteiger charge is 2.42. The van der Waals surface area contributed by atoms with Crippen molar-refractivity contribution in [1.29, 1.82) is 0 Å². The van der Waals surface area contributed by atoms with E-state index in [1.165, 1.54) is 10.9 Å². The molecular weight excluding hydrogens is 490 g/mol. The molecule has 0 radical (unpaired) electrons. The zero-order valence-electron chi connectivity index (χ0n) is 14.8. The molecule has 1 aromatic heterocycles. The van der Waals surface area contributed by atoms with Gasteiger partial charge in [-0.2, -0.15) is 0 Å². The maximum Gasteiger partial charge on any atom is 0.573 e. The number of hydrogen-bond donors (Lipinski definition) is 2. The summed E-state index contributed by atoms with van der Waals surface area (Å²) < 4.78 is 41.9. The largest absolute Gasteiger partial charge is 0.573 e. The van der Waals surface area contributed by atoms with E-state index >= 15 is 0 Å². The van der Waals surface area contributed by atoms with Crippen LogP contribution in [-0.2, 0) is 0 Å². The molecule has 1 fully saturated rings. The summed E-state index contributed by atoms with van der Waals surface area (Å²) in [6.45, 7) is 2.04. The number of guanidine groups is 1. The van der Waals surface area contributed by atoms with Gasteiger partial charge in [-0.05, 0) is 36.4 Å². The Morgan fingerprint density at radius 3 is 2.63 bits per heavy atom. The van der Waals surface area contributed by atoms with Gasteiger partial charge in [-0.3, -0.25) is 4.99 Å². The molecule has 0 amide bonds. The summed E-state index contributed by atoms with van der Waals surface area (Å²) >= 11 is 1.65. The third-order valence-electron chi connectivity index (χ3n) is 4.20. The van der Waals surface area contributed by atoms with Gasteiger partial charge in [-0.15, -0.1) is 48.5 Å². The van der Waals surface area contributed by atoms with Crippen LogP contribution in [-0.4, -0.2) is 25.4 Å². The lowest BCUT2D eigenvalue weighted by Gasteiger charge is -2.17. The molecule has 0 spiro atoms. The van der Waals surface area contributed by atoms with Crippen LogP contribution in [0.1, 0.15) is 35.7 Å². The molecule has 0 saturated heterocycles. The number of aliphatic imine (C=N–C) groups is 1. The molecule has 2 aromatic rings. The Bertz CT molecular complexity index is 767. The minimum Gasteiger partial charge on any atom is -0.405 e. The molecule has 1 heterocycles. The third kappa shape index (κ3) is 6.00. The number of benzene rings is 1. The Balaban J connectivity index is 0.00000261. The smallest absolute Gasteiger partial charge is 0.405 e. The fraction of sp³-hybridized carbons (Fsp3) is 0.389. The molecule has 1 saturated carbocycles. The second-order valence-electron chi connectivity index (χ2n) is 6.13. The highest BCUT2D eigenvalue weighted by Crippen LogP contribution is 2.45. The van der Waals surface area contributed by atoms with Crippen LogP contribution in [0.2, 0.25) is 0 Å². The molecule has 0 aliphatic heterocycles. The fourth-order valence-corrected chi connectivity index (χ4v) is 3.60. The lowest BCUT2D eigenvalue weighted by atomic mass is 10.1. The van der Waals surface area contributed by atoms with E-state index in [1.54, 1.807) is 36.6 Å². The van der Waals surface area contributed by atoms with Gasteiger partial charge in [0.05, 0.1) is 6.04 Å². The summed E-state index contributed by atoms with van der Waals surface area (Å²) in [5.74, 6) is 0.459. The number of thiophene rings is 1. The number of nitrogens with one attached hydrogen (secondary N) is 2. The van der Waals surface area contributed by atoms with E-state index in [1.807, 2.05) is 24.4 Å². The molecule has 3 atom stereocenters. The van der Waals surface area contributed by atoms with E-state index in [4.69, 9.17) is 0 Å². The van der Waals surface area contributed by atoms with Crippen molar-refractivity contribution in [2.75, 3.05) is 7.05 Å². The Morgan fingerprint density at radius 2 is 2.00 bits per heavy atom. The van der Waals surface area contributed by atoms with Crippen LogP contribution in [0.5, 0.6) is 5.75 Å². The Labute approximate surface area is 177 Å². The molecule has 1 aromatic carbocycles. The monoisotopic (exact) mass is 511 g/mol. The second-order valence-corrected chi connectivity index (χ2v) is 7.11. The normalized spacial score (nSPS) is 20.4. The van der Waals surface area contributed by atoms with Crippen molar-refractivity contribution >= 4 is 41.3 Å². The van der Waals surface area contributed by atoms with Crippen LogP contribution in [0, 0.1) is 0 Å². The van der Waals surface area contributed by atoms with Crippen molar-refractivity contribution in [3.63, 3.8) is 0 Å². The number of halogens is 4. The maximum absolute atomic E-state index is 12.6. The van der Waals surface area contributed by atoms with Gasteiger partial charge in [0.1, 0.15) is 5.75 Å². The molecule has 1 aliphatic rings. The Morgan fingerprint density at radius 1 is 1.26 bits per heavy atom. The van der Waals surface area contributed by atoms with E-state index in [9.17, 15) is 13.2 Å². The van der Waals surface area contributed by atoms with Gasteiger partial charge in [0.15, 0.2) is 5.96 Å². The van der Waals surface area contributed by atoms with Crippen molar-refractivity contribution in [2.24, 2.45) is 4.99 Å². The van der Waals surface area contributed by atoms with Crippen molar-refractivity contribution in [2.45, 2.75) is 37.7 Å². The van der Waals surface area contributed by atoms with Gasteiger partial charge in [0.25, 0.3) is 0 Å². The summed E-state index contributed by atoms with van der Waals surface area (Å²) in [4.78, 5) is 5.40.